The van der Waals surface area contributed by atoms with E-state index >= 15 is 0 Å². The van der Waals surface area contributed by atoms with Gasteiger partial charge in [0.15, 0.2) is 11.5 Å². The molecule has 192 valence electrons. The van der Waals surface area contributed by atoms with Crippen LogP contribution in [-0.2, 0) is 17.6 Å². The fourth-order valence-electron chi connectivity index (χ4n) is 5.31. The zero-order valence-corrected chi connectivity index (χ0v) is 21.8. The Bertz CT molecular complexity index is 1380. The van der Waals surface area contributed by atoms with Gasteiger partial charge in [-0.25, -0.2) is 0 Å². The molecular weight excluding hydrogens is 464 g/mol. The van der Waals surface area contributed by atoms with Gasteiger partial charge in [-0.15, -0.1) is 0 Å². The monoisotopic (exact) mass is 498 g/mol. The van der Waals surface area contributed by atoms with Gasteiger partial charge in [0.25, 0.3) is 0 Å². The van der Waals surface area contributed by atoms with Crippen LogP contribution in [0.25, 0.3) is 10.9 Å². The van der Waals surface area contributed by atoms with Crippen LogP contribution in [0.5, 0.6) is 17.2 Å². The molecule has 0 saturated carbocycles. The third-order valence-corrected chi connectivity index (χ3v) is 6.85. The summed E-state index contributed by atoms with van der Waals surface area (Å²) in [6.45, 7) is 8.15. The largest absolute Gasteiger partial charge is 0.494 e. The first-order chi connectivity index (χ1) is 18.1. The van der Waals surface area contributed by atoms with Crippen LogP contribution < -0.4 is 14.2 Å². The number of benzene rings is 3. The molecule has 5 rings (SSSR count). The van der Waals surface area contributed by atoms with Crippen molar-refractivity contribution in [1.29, 1.82) is 0 Å². The molecule has 0 aliphatic carbocycles. The number of amides is 1. The Morgan fingerprint density at radius 1 is 0.892 bits per heavy atom. The van der Waals surface area contributed by atoms with Crippen molar-refractivity contribution in [3.8, 4) is 17.2 Å². The molecule has 2 heterocycles. The van der Waals surface area contributed by atoms with Gasteiger partial charge in [-0.3, -0.25) is 4.79 Å². The first-order valence-corrected chi connectivity index (χ1v) is 13.1. The van der Waals surface area contributed by atoms with Gasteiger partial charge in [0, 0.05) is 28.7 Å². The van der Waals surface area contributed by atoms with Gasteiger partial charge in [-0.2, -0.15) is 0 Å². The highest BCUT2D eigenvalue weighted by Gasteiger charge is 2.35. The molecule has 6 nitrogen and oxygen atoms in total. The molecule has 4 aromatic rings. The Balaban J connectivity index is 1.53. The van der Waals surface area contributed by atoms with Crippen molar-refractivity contribution in [2.45, 2.75) is 39.7 Å². The van der Waals surface area contributed by atoms with Crippen LogP contribution in [0.4, 0.5) is 0 Å². The van der Waals surface area contributed by atoms with Gasteiger partial charge in [0.1, 0.15) is 5.75 Å². The molecule has 37 heavy (non-hydrogen) atoms. The number of fused-ring (bicyclic) bond motifs is 3. The second-order valence-electron chi connectivity index (χ2n) is 9.09. The standard InChI is InChI=1S/C31H34N2O4/c1-4-35-23-16-14-21(15-17-23)30-29-25(24-11-7-8-12-26(24)32-29)18-19-33(30)28(34)20-22-10-9-13-27(36-5-2)31(22)37-6-3/h7-17,30,32H,4-6,18-20H2,1-3H3/t30-/m0/s1. The number of aromatic nitrogens is 1. The van der Waals surface area contributed by atoms with Crippen molar-refractivity contribution in [2.24, 2.45) is 0 Å². The maximum absolute atomic E-state index is 14.0. The van der Waals surface area contributed by atoms with Crippen molar-refractivity contribution in [2.75, 3.05) is 26.4 Å². The number of nitrogens with one attached hydrogen (secondary N) is 1. The molecule has 1 aromatic heterocycles. The van der Waals surface area contributed by atoms with Crippen LogP contribution in [0.3, 0.4) is 0 Å². The van der Waals surface area contributed by atoms with Gasteiger partial charge >= 0.3 is 0 Å². The fraction of sp³-hybridized carbons (Fsp3) is 0.323. The van der Waals surface area contributed by atoms with Crippen molar-refractivity contribution >= 4 is 16.8 Å². The Hall–Kier alpha value is -3.93. The number of H-pyrrole nitrogens is 1. The van der Waals surface area contributed by atoms with E-state index in [1.54, 1.807) is 0 Å². The number of hydrogen-bond donors (Lipinski definition) is 1. The highest BCUT2D eigenvalue weighted by Crippen LogP contribution is 2.40. The van der Waals surface area contributed by atoms with Gasteiger partial charge in [0.2, 0.25) is 5.91 Å². The van der Waals surface area contributed by atoms with E-state index in [0.29, 0.717) is 37.9 Å². The summed E-state index contributed by atoms with van der Waals surface area (Å²) in [5, 5.41) is 1.23. The molecule has 0 unspecified atom stereocenters. The van der Waals surface area contributed by atoms with Crippen LogP contribution in [0.1, 0.15) is 49.2 Å². The summed E-state index contributed by atoms with van der Waals surface area (Å²) >= 11 is 0. The Labute approximate surface area is 218 Å². The number of ether oxygens (including phenoxy) is 3. The van der Waals surface area contributed by atoms with Crippen LogP contribution >= 0.6 is 0 Å². The smallest absolute Gasteiger partial charge is 0.227 e. The SMILES string of the molecule is CCOc1ccc([C@H]2c3[nH]c4ccccc4c3CCN2C(=O)Cc2cccc(OCC)c2OCC)cc1. The summed E-state index contributed by atoms with van der Waals surface area (Å²) in [6.07, 6.45) is 1.04. The molecule has 3 aromatic carbocycles. The second kappa shape index (κ2) is 11.0. The molecule has 0 fully saturated rings. The molecule has 0 radical (unpaired) electrons. The number of nitrogens with zero attached hydrogens (tertiary/aromatic N) is 1. The van der Waals surface area contributed by atoms with Crippen molar-refractivity contribution in [1.82, 2.24) is 9.88 Å². The number of hydrogen-bond acceptors (Lipinski definition) is 4. The Kier molecular flexibility index (Phi) is 7.35. The van der Waals surface area contributed by atoms with Crippen molar-refractivity contribution < 1.29 is 19.0 Å². The van der Waals surface area contributed by atoms with Crippen LogP contribution in [0.15, 0.2) is 66.7 Å². The molecule has 1 amide bonds. The molecular formula is C31H34N2O4. The zero-order valence-electron chi connectivity index (χ0n) is 21.8. The molecule has 1 aliphatic heterocycles. The van der Waals surface area contributed by atoms with E-state index in [0.717, 1.165) is 34.5 Å². The van der Waals surface area contributed by atoms with Gasteiger partial charge < -0.3 is 24.1 Å². The lowest BCUT2D eigenvalue weighted by molar-refractivity contribution is -0.132. The number of carbonyl (C=O) groups is 1. The lowest BCUT2D eigenvalue weighted by Crippen LogP contribution is -2.41. The second-order valence-corrected chi connectivity index (χ2v) is 9.09. The Morgan fingerprint density at radius 2 is 1.65 bits per heavy atom. The topological polar surface area (TPSA) is 63.8 Å². The van der Waals surface area contributed by atoms with E-state index < -0.39 is 0 Å². The highest BCUT2D eigenvalue weighted by molar-refractivity contribution is 5.87. The fourth-order valence-corrected chi connectivity index (χ4v) is 5.31. The summed E-state index contributed by atoms with van der Waals surface area (Å²) in [7, 11) is 0. The maximum Gasteiger partial charge on any atom is 0.227 e. The van der Waals surface area contributed by atoms with Crippen LogP contribution in [-0.4, -0.2) is 42.2 Å². The number of rotatable bonds is 9. The number of aromatic amines is 1. The summed E-state index contributed by atoms with van der Waals surface area (Å²) in [6, 6.07) is 22.0. The molecule has 0 bridgehead atoms. The number of carbonyl (C=O) groups excluding carboxylic acids is 1. The van der Waals surface area contributed by atoms with E-state index in [2.05, 4.69) is 35.3 Å². The summed E-state index contributed by atoms with van der Waals surface area (Å²) in [4.78, 5) is 19.6. The van der Waals surface area contributed by atoms with Crippen LogP contribution in [0.2, 0.25) is 0 Å². The van der Waals surface area contributed by atoms with E-state index in [9.17, 15) is 4.79 Å². The molecule has 1 N–H and O–H groups in total. The third kappa shape index (κ3) is 4.88. The quantitative estimate of drug-likeness (QED) is 0.304. The van der Waals surface area contributed by atoms with Crippen LogP contribution in [0, 0.1) is 0 Å². The van der Waals surface area contributed by atoms with E-state index in [-0.39, 0.29) is 18.4 Å². The van der Waals surface area contributed by atoms with Gasteiger partial charge in [0.05, 0.1) is 32.3 Å². The Morgan fingerprint density at radius 3 is 2.41 bits per heavy atom. The third-order valence-electron chi connectivity index (χ3n) is 6.85. The summed E-state index contributed by atoms with van der Waals surface area (Å²) in [5.41, 5.74) is 5.36. The summed E-state index contributed by atoms with van der Waals surface area (Å²) < 4.78 is 17.4. The first-order valence-electron chi connectivity index (χ1n) is 13.1. The molecule has 0 spiro atoms. The average molecular weight is 499 g/mol. The average Bonchev–Trinajstić information content (AvgIpc) is 3.29. The van der Waals surface area contributed by atoms with E-state index in [4.69, 9.17) is 14.2 Å². The molecule has 6 heteroatoms. The predicted octanol–water partition coefficient (Wildman–Crippen LogP) is 6.08. The van der Waals surface area contributed by atoms with Crippen molar-refractivity contribution in [3.63, 3.8) is 0 Å². The minimum atomic E-state index is -0.218. The predicted molar refractivity (Wildman–Crippen MR) is 146 cm³/mol. The highest BCUT2D eigenvalue weighted by atomic mass is 16.5. The van der Waals surface area contributed by atoms with Gasteiger partial charge in [-0.05, 0) is 62.6 Å². The van der Waals surface area contributed by atoms with E-state index in [1.165, 1.54) is 10.9 Å². The number of para-hydroxylation sites is 2. The zero-order chi connectivity index (χ0) is 25.8. The molecule has 1 aliphatic rings. The van der Waals surface area contributed by atoms with E-state index in [1.807, 2.05) is 62.1 Å². The lowest BCUT2D eigenvalue weighted by Gasteiger charge is -2.36. The normalized spacial score (nSPS) is 14.9. The molecule has 1 atom stereocenters. The maximum atomic E-state index is 14.0. The minimum absolute atomic E-state index is 0.0535. The molecule has 0 saturated heterocycles. The minimum Gasteiger partial charge on any atom is -0.494 e. The van der Waals surface area contributed by atoms with Gasteiger partial charge in [-0.1, -0.05) is 42.5 Å². The first kappa shape index (κ1) is 24.8. The lowest BCUT2D eigenvalue weighted by atomic mass is 9.91. The summed E-state index contributed by atoms with van der Waals surface area (Å²) in [5.74, 6) is 2.21. The van der Waals surface area contributed by atoms with Crippen molar-refractivity contribution in [3.05, 3.63) is 89.1 Å².